The standard InChI is InChI=1S/C20H15F2N5O2S/c1-10(28)23-12-4-6-16-17(8-12)30-20(24-16)25-19(29)14-9-27(2)26-18(14)13-5-3-11(21)7-15(13)22/h3-9H,1-2H3,(H,23,28)(H,24,25,29). The number of carbonyl (C=O) groups is 2. The fourth-order valence-corrected chi connectivity index (χ4v) is 3.86. The Morgan fingerprint density at radius 3 is 2.63 bits per heavy atom. The van der Waals surface area contributed by atoms with Crippen LogP contribution in [0.15, 0.2) is 42.6 Å². The molecule has 0 aliphatic heterocycles. The van der Waals surface area contributed by atoms with E-state index < -0.39 is 17.5 Å². The van der Waals surface area contributed by atoms with Crippen LogP contribution in [0.25, 0.3) is 21.5 Å². The minimum atomic E-state index is -0.812. The van der Waals surface area contributed by atoms with Crippen LogP contribution >= 0.6 is 11.3 Å². The molecule has 2 aromatic heterocycles. The molecule has 0 atom stereocenters. The Kier molecular flexibility index (Phi) is 5.00. The van der Waals surface area contributed by atoms with Crippen LogP contribution in [0, 0.1) is 11.6 Å². The number of halogens is 2. The summed E-state index contributed by atoms with van der Waals surface area (Å²) >= 11 is 1.23. The average molecular weight is 427 g/mol. The molecule has 10 heteroatoms. The first-order chi connectivity index (χ1) is 14.3. The van der Waals surface area contributed by atoms with Crippen molar-refractivity contribution in [3.8, 4) is 11.3 Å². The van der Waals surface area contributed by atoms with Crippen LogP contribution in [-0.2, 0) is 11.8 Å². The van der Waals surface area contributed by atoms with Gasteiger partial charge in [-0.15, -0.1) is 0 Å². The van der Waals surface area contributed by atoms with Crippen molar-refractivity contribution in [3.63, 3.8) is 0 Å². The van der Waals surface area contributed by atoms with Crippen LogP contribution < -0.4 is 10.6 Å². The lowest BCUT2D eigenvalue weighted by molar-refractivity contribution is -0.114. The monoisotopic (exact) mass is 427 g/mol. The zero-order valence-electron chi connectivity index (χ0n) is 15.9. The van der Waals surface area contributed by atoms with Crippen molar-refractivity contribution < 1.29 is 18.4 Å². The van der Waals surface area contributed by atoms with Crippen molar-refractivity contribution in [2.45, 2.75) is 6.92 Å². The van der Waals surface area contributed by atoms with Gasteiger partial charge in [0, 0.05) is 37.5 Å². The van der Waals surface area contributed by atoms with Crippen molar-refractivity contribution in [1.82, 2.24) is 14.8 Å². The van der Waals surface area contributed by atoms with E-state index in [-0.39, 0.29) is 22.7 Å². The summed E-state index contributed by atoms with van der Waals surface area (Å²) in [4.78, 5) is 28.4. The number of carbonyl (C=O) groups excluding carboxylic acids is 2. The smallest absolute Gasteiger partial charge is 0.261 e. The molecule has 0 bridgehead atoms. The van der Waals surface area contributed by atoms with Gasteiger partial charge in [0.25, 0.3) is 5.91 Å². The van der Waals surface area contributed by atoms with Crippen molar-refractivity contribution in [2.24, 2.45) is 7.05 Å². The Balaban J connectivity index is 1.64. The SMILES string of the molecule is CC(=O)Nc1ccc2nc(NC(=O)c3cn(C)nc3-c3ccc(F)cc3F)sc2c1. The maximum absolute atomic E-state index is 14.2. The summed E-state index contributed by atoms with van der Waals surface area (Å²) in [7, 11) is 1.60. The number of aromatic nitrogens is 3. The average Bonchev–Trinajstić information content (AvgIpc) is 3.23. The zero-order chi connectivity index (χ0) is 21.4. The van der Waals surface area contributed by atoms with Crippen LogP contribution in [0.4, 0.5) is 19.6 Å². The number of benzene rings is 2. The van der Waals surface area contributed by atoms with Gasteiger partial charge < -0.3 is 5.32 Å². The second kappa shape index (κ2) is 7.64. The lowest BCUT2D eigenvalue weighted by Gasteiger charge is -2.04. The van der Waals surface area contributed by atoms with Crippen LogP contribution in [0.3, 0.4) is 0 Å². The van der Waals surface area contributed by atoms with Crippen LogP contribution in [0.2, 0.25) is 0 Å². The van der Waals surface area contributed by atoms with E-state index in [0.29, 0.717) is 16.3 Å². The molecule has 0 saturated heterocycles. The molecule has 0 radical (unpaired) electrons. The quantitative estimate of drug-likeness (QED) is 0.511. The zero-order valence-corrected chi connectivity index (χ0v) is 16.7. The Morgan fingerprint density at radius 2 is 1.90 bits per heavy atom. The Bertz CT molecular complexity index is 1300. The van der Waals surface area contributed by atoms with Gasteiger partial charge in [0.1, 0.15) is 17.3 Å². The lowest BCUT2D eigenvalue weighted by atomic mass is 10.1. The number of anilines is 2. The maximum Gasteiger partial charge on any atom is 0.261 e. The first kappa shape index (κ1) is 19.6. The Labute approximate surface area is 173 Å². The number of hydrogen-bond acceptors (Lipinski definition) is 5. The summed E-state index contributed by atoms with van der Waals surface area (Å²) in [5, 5.41) is 9.87. The summed E-state index contributed by atoms with van der Waals surface area (Å²) in [5.41, 5.74) is 1.52. The molecule has 2 amide bonds. The molecule has 4 rings (SSSR count). The number of hydrogen-bond donors (Lipinski definition) is 2. The van der Waals surface area contributed by atoms with Crippen LogP contribution in [0.5, 0.6) is 0 Å². The fraction of sp³-hybridized carbons (Fsp3) is 0.100. The second-order valence-electron chi connectivity index (χ2n) is 6.53. The highest BCUT2D eigenvalue weighted by Crippen LogP contribution is 2.30. The molecule has 30 heavy (non-hydrogen) atoms. The highest BCUT2D eigenvalue weighted by atomic mass is 32.1. The molecule has 0 saturated carbocycles. The highest BCUT2D eigenvalue weighted by Gasteiger charge is 2.21. The molecule has 7 nitrogen and oxygen atoms in total. The number of rotatable bonds is 4. The van der Waals surface area contributed by atoms with E-state index in [1.54, 1.807) is 25.2 Å². The van der Waals surface area contributed by atoms with Crippen molar-refractivity contribution in [3.05, 3.63) is 59.8 Å². The lowest BCUT2D eigenvalue weighted by Crippen LogP contribution is -2.12. The minimum Gasteiger partial charge on any atom is -0.326 e. The topological polar surface area (TPSA) is 88.9 Å². The van der Waals surface area contributed by atoms with Gasteiger partial charge in [-0.2, -0.15) is 5.10 Å². The number of aryl methyl sites for hydroxylation is 1. The van der Waals surface area contributed by atoms with Gasteiger partial charge in [-0.05, 0) is 30.3 Å². The third-order valence-corrected chi connectivity index (χ3v) is 5.12. The summed E-state index contributed by atoms with van der Waals surface area (Å²) in [6.45, 7) is 1.41. The third kappa shape index (κ3) is 3.90. The number of nitrogens with zero attached hydrogens (tertiary/aromatic N) is 3. The molecule has 0 spiro atoms. The number of thiazole rings is 1. The largest absolute Gasteiger partial charge is 0.326 e. The maximum atomic E-state index is 14.2. The highest BCUT2D eigenvalue weighted by molar-refractivity contribution is 7.22. The summed E-state index contributed by atoms with van der Waals surface area (Å²) in [6, 6.07) is 8.29. The number of fused-ring (bicyclic) bond motifs is 1. The first-order valence-electron chi connectivity index (χ1n) is 8.79. The van der Waals surface area contributed by atoms with Gasteiger partial charge in [0.2, 0.25) is 5.91 Å². The summed E-state index contributed by atoms with van der Waals surface area (Å²) < 4.78 is 29.6. The molecule has 2 aromatic carbocycles. The van der Waals surface area contributed by atoms with Gasteiger partial charge in [0.15, 0.2) is 5.13 Å². The molecular formula is C20H15F2N5O2S. The van der Waals surface area contributed by atoms with E-state index >= 15 is 0 Å². The van der Waals surface area contributed by atoms with Crippen molar-refractivity contribution in [2.75, 3.05) is 10.6 Å². The summed E-state index contributed by atoms with van der Waals surface area (Å²) in [5.74, 6) is -2.24. The fourth-order valence-electron chi connectivity index (χ4n) is 2.96. The summed E-state index contributed by atoms with van der Waals surface area (Å²) in [6.07, 6.45) is 1.45. The van der Waals surface area contributed by atoms with Gasteiger partial charge in [-0.3, -0.25) is 19.6 Å². The van der Waals surface area contributed by atoms with E-state index in [0.717, 1.165) is 16.8 Å². The van der Waals surface area contributed by atoms with Gasteiger partial charge in [-0.25, -0.2) is 13.8 Å². The Hall–Kier alpha value is -3.66. The van der Waals surface area contributed by atoms with Crippen molar-refractivity contribution >= 4 is 44.2 Å². The van der Waals surface area contributed by atoms with Crippen LogP contribution in [-0.4, -0.2) is 26.6 Å². The van der Waals surface area contributed by atoms with Gasteiger partial charge in [-0.1, -0.05) is 11.3 Å². The van der Waals surface area contributed by atoms with Crippen molar-refractivity contribution in [1.29, 1.82) is 0 Å². The molecule has 2 heterocycles. The second-order valence-corrected chi connectivity index (χ2v) is 7.56. The number of nitrogens with one attached hydrogen (secondary N) is 2. The molecule has 2 N–H and O–H groups in total. The molecule has 0 aliphatic carbocycles. The number of amides is 2. The molecule has 4 aromatic rings. The predicted octanol–water partition coefficient (Wildman–Crippen LogP) is 4.19. The van der Waals surface area contributed by atoms with E-state index in [1.165, 1.54) is 35.2 Å². The molecule has 0 aliphatic rings. The van der Waals surface area contributed by atoms with E-state index in [1.807, 2.05) is 0 Å². The normalized spacial score (nSPS) is 10.9. The van der Waals surface area contributed by atoms with Gasteiger partial charge >= 0.3 is 0 Å². The first-order valence-corrected chi connectivity index (χ1v) is 9.60. The molecule has 0 fully saturated rings. The molecule has 0 unspecified atom stereocenters. The predicted molar refractivity (Wildman–Crippen MR) is 110 cm³/mol. The van der Waals surface area contributed by atoms with E-state index in [9.17, 15) is 18.4 Å². The minimum absolute atomic E-state index is 0.0198. The van der Waals surface area contributed by atoms with Crippen LogP contribution in [0.1, 0.15) is 17.3 Å². The van der Waals surface area contributed by atoms with Gasteiger partial charge in [0.05, 0.1) is 15.8 Å². The van der Waals surface area contributed by atoms with E-state index in [2.05, 4.69) is 20.7 Å². The molecular weight excluding hydrogens is 412 g/mol. The van der Waals surface area contributed by atoms with E-state index in [4.69, 9.17) is 0 Å². The Morgan fingerprint density at radius 1 is 1.10 bits per heavy atom. The third-order valence-electron chi connectivity index (χ3n) is 4.19. The molecule has 152 valence electrons.